The molecule has 0 aliphatic carbocycles. The number of aliphatic imine (C=N–C) groups is 1. The highest BCUT2D eigenvalue weighted by molar-refractivity contribution is 5.79. The molecule has 0 aromatic heterocycles. The van der Waals surface area contributed by atoms with Crippen molar-refractivity contribution in [2.45, 2.75) is 39.0 Å². The Hall–Kier alpha value is -1.59. The number of nitrogens with one attached hydrogen (secondary N) is 2. The van der Waals surface area contributed by atoms with Crippen molar-refractivity contribution in [3.63, 3.8) is 0 Å². The lowest BCUT2D eigenvalue weighted by Gasteiger charge is -2.24. The molecule has 1 unspecified atom stereocenters. The van der Waals surface area contributed by atoms with E-state index in [-0.39, 0.29) is 0 Å². The third-order valence-electron chi connectivity index (χ3n) is 4.50. The summed E-state index contributed by atoms with van der Waals surface area (Å²) in [5.41, 5.74) is 2.46. The van der Waals surface area contributed by atoms with Gasteiger partial charge in [-0.3, -0.25) is 9.89 Å². The minimum atomic E-state index is 0.624. The lowest BCUT2D eigenvalue weighted by atomic mass is 10.1. The quantitative estimate of drug-likeness (QED) is 0.596. The van der Waals surface area contributed by atoms with Crippen LogP contribution in [0.5, 0.6) is 0 Å². The Morgan fingerprint density at radius 2 is 2.09 bits per heavy atom. The Morgan fingerprint density at radius 3 is 2.78 bits per heavy atom. The molecule has 0 bridgehead atoms. The molecule has 0 amide bonds. The van der Waals surface area contributed by atoms with E-state index in [1.807, 2.05) is 13.1 Å². The van der Waals surface area contributed by atoms with Crippen LogP contribution in [-0.2, 0) is 17.9 Å². The Kier molecular flexibility index (Phi) is 7.36. The van der Waals surface area contributed by atoms with Crippen molar-refractivity contribution >= 4 is 5.96 Å². The van der Waals surface area contributed by atoms with Crippen LogP contribution in [0.4, 0.5) is 0 Å². The SMILES string of the molecule is CCN1CCCC1CNC(=NC)NCc1ccccc1COC. The van der Waals surface area contributed by atoms with E-state index in [1.165, 1.54) is 30.5 Å². The van der Waals surface area contributed by atoms with E-state index in [0.717, 1.165) is 25.6 Å². The number of hydrogen-bond donors (Lipinski definition) is 2. The molecule has 0 radical (unpaired) electrons. The number of likely N-dealkylation sites (N-methyl/N-ethyl adjacent to an activating group) is 1. The van der Waals surface area contributed by atoms with Crippen LogP contribution in [0.15, 0.2) is 29.3 Å². The highest BCUT2D eigenvalue weighted by atomic mass is 16.5. The van der Waals surface area contributed by atoms with E-state index in [1.54, 1.807) is 7.11 Å². The summed E-state index contributed by atoms with van der Waals surface area (Å²) in [6.45, 7) is 6.92. The van der Waals surface area contributed by atoms with Gasteiger partial charge in [0.2, 0.25) is 0 Å². The molecule has 2 rings (SSSR count). The molecule has 0 saturated carbocycles. The van der Waals surface area contributed by atoms with Gasteiger partial charge in [0.1, 0.15) is 0 Å². The minimum Gasteiger partial charge on any atom is -0.380 e. The summed E-state index contributed by atoms with van der Waals surface area (Å²) in [6.07, 6.45) is 2.57. The standard InChI is InChI=1S/C18H30N4O/c1-4-22-11-7-10-17(22)13-21-18(19-2)20-12-15-8-5-6-9-16(15)14-23-3/h5-6,8-9,17H,4,7,10-14H2,1-3H3,(H2,19,20,21). The van der Waals surface area contributed by atoms with Crippen molar-refractivity contribution < 1.29 is 4.74 Å². The Balaban J connectivity index is 1.83. The highest BCUT2D eigenvalue weighted by Gasteiger charge is 2.22. The Labute approximate surface area is 140 Å². The van der Waals surface area contributed by atoms with Crippen LogP contribution in [0, 0.1) is 0 Å². The molecule has 2 N–H and O–H groups in total. The van der Waals surface area contributed by atoms with E-state index in [4.69, 9.17) is 4.74 Å². The van der Waals surface area contributed by atoms with E-state index >= 15 is 0 Å². The van der Waals surface area contributed by atoms with Gasteiger partial charge in [0, 0.05) is 33.3 Å². The smallest absolute Gasteiger partial charge is 0.191 e. The number of guanidine groups is 1. The number of likely N-dealkylation sites (tertiary alicyclic amines) is 1. The first-order valence-electron chi connectivity index (χ1n) is 8.52. The maximum Gasteiger partial charge on any atom is 0.191 e. The first-order valence-corrected chi connectivity index (χ1v) is 8.52. The van der Waals surface area contributed by atoms with Gasteiger partial charge < -0.3 is 15.4 Å². The summed E-state index contributed by atoms with van der Waals surface area (Å²) in [6, 6.07) is 8.96. The summed E-state index contributed by atoms with van der Waals surface area (Å²) in [5.74, 6) is 0.861. The maximum atomic E-state index is 5.26. The number of methoxy groups -OCH3 is 1. The van der Waals surface area contributed by atoms with Gasteiger partial charge >= 0.3 is 0 Å². The van der Waals surface area contributed by atoms with E-state index in [0.29, 0.717) is 12.6 Å². The summed E-state index contributed by atoms with van der Waals surface area (Å²) < 4.78 is 5.26. The second kappa shape index (κ2) is 9.53. The lowest BCUT2D eigenvalue weighted by Crippen LogP contribution is -2.44. The number of hydrogen-bond acceptors (Lipinski definition) is 3. The summed E-state index contributed by atoms with van der Waals surface area (Å²) in [7, 11) is 3.55. The molecule has 1 aliphatic rings. The van der Waals surface area contributed by atoms with Crippen molar-refractivity contribution in [2.24, 2.45) is 4.99 Å². The van der Waals surface area contributed by atoms with Crippen LogP contribution in [0.25, 0.3) is 0 Å². The molecule has 1 aliphatic heterocycles. The van der Waals surface area contributed by atoms with Crippen molar-refractivity contribution in [3.05, 3.63) is 35.4 Å². The number of ether oxygens (including phenoxy) is 1. The molecule has 5 heteroatoms. The van der Waals surface area contributed by atoms with Crippen LogP contribution < -0.4 is 10.6 Å². The summed E-state index contributed by atoms with van der Waals surface area (Å²) in [4.78, 5) is 6.87. The van der Waals surface area contributed by atoms with Crippen molar-refractivity contribution in [1.29, 1.82) is 0 Å². The van der Waals surface area contributed by atoms with Gasteiger partial charge in [-0.05, 0) is 37.1 Å². The maximum absolute atomic E-state index is 5.26. The van der Waals surface area contributed by atoms with Gasteiger partial charge in [-0.15, -0.1) is 0 Å². The van der Waals surface area contributed by atoms with Gasteiger partial charge in [0.15, 0.2) is 5.96 Å². The molecular weight excluding hydrogens is 288 g/mol. The van der Waals surface area contributed by atoms with Gasteiger partial charge in [0.05, 0.1) is 6.61 Å². The fourth-order valence-electron chi connectivity index (χ4n) is 3.18. The molecule has 1 fully saturated rings. The van der Waals surface area contributed by atoms with Gasteiger partial charge in [0.25, 0.3) is 0 Å². The van der Waals surface area contributed by atoms with Gasteiger partial charge in [-0.1, -0.05) is 31.2 Å². The van der Waals surface area contributed by atoms with Crippen LogP contribution in [-0.4, -0.2) is 50.7 Å². The lowest BCUT2D eigenvalue weighted by molar-refractivity contribution is 0.184. The fourth-order valence-corrected chi connectivity index (χ4v) is 3.18. The molecule has 5 nitrogen and oxygen atoms in total. The largest absolute Gasteiger partial charge is 0.380 e. The summed E-state index contributed by atoms with van der Waals surface area (Å²) >= 11 is 0. The molecule has 128 valence electrons. The Bertz CT molecular complexity index is 504. The van der Waals surface area contributed by atoms with Crippen LogP contribution in [0.2, 0.25) is 0 Å². The second-order valence-electron chi connectivity index (χ2n) is 5.93. The van der Waals surface area contributed by atoms with E-state index in [2.05, 4.69) is 45.6 Å². The molecule has 23 heavy (non-hydrogen) atoms. The molecular formula is C18H30N4O. The molecule has 1 atom stereocenters. The van der Waals surface area contributed by atoms with Gasteiger partial charge in [-0.2, -0.15) is 0 Å². The van der Waals surface area contributed by atoms with Crippen molar-refractivity contribution in [2.75, 3.05) is 33.8 Å². The first-order chi connectivity index (χ1) is 11.3. The predicted molar refractivity (Wildman–Crippen MR) is 95.6 cm³/mol. The Morgan fingerprint density at radius 1 is 1.30 bits per heavy atom. The summed E-state index contributed by atoms with van der Waals surface area (Å²) in [5, 5.41) is 6.87. The van der Waals surface area contributed by atoms with Crippen molar-refractivity contribution in [3.8, 4) is 0 Å². The normalized spacial score (nSPS) is 19.1. The monoisotopic (exact) mass is 318 g/mol. The zero-order chi connectivity index (χ0) is 16.5. The predicted octanol–water partition coefficient (Wildman–Crippen LogP) is 1.98. The minimum absolute atomic E-state index is 0.624. The van der Waals surface area contributed by atoms with E-state index < -0.39 is 0 Å². The molecule has 0 spiro atoms. The fraction of sp³-hybridized carbons (Fsp3) is 0.611. The molecule has 1 heterocycles. The average molecular weight is 318 g/mol. The zero-order valence-electron chi connectivity index (χ0n) is 14.6. The average Bonchev–Trinajstić information content (AvgIpc) is 3.04. The van der Waals surface area contributed by atoms with Crippen molar-refractivity contribution in [1.82, 2.24) is 15.5 Å². The first kappa shape index (κ1) is 17.8. The molecule has 1 aromatic rings. The van der Waals surface area contributed by atoms with E-state index in [9.17, 15) is 0 Å². The van der Waals surface area contributed by atoms with Crippen LogP contribution in [0.3, 0.4) is 0 Å². The zero-order valence-corrected chi connectivity index (χ0v) is 14.6. The third-order valence-corrected chi connectivity index (χ3v) is 4.50. The number of benzene rings is 1. The molecule has 1 saturated heterocycles. The number of rotatable bonds is 7. The highest BCUT2D eigenvalue weighted by Crippen LogP contribution is 2.15. The molecule has 1 aromatic carbocycles. The van der Waals surface area contributed by atoms with Gasteiger partial charge in [-0.25, -0.2) is 0 Å². The number of nitrogens with zero attached hydrogens (tertiary/aromatic N) is 2. The van der Waals surface area contributed by atoms with Crippen LogP contribution >= 0.6 is 0 Å². The second-order valence-corrected chi connectivity index (χ2v) is 5.93. The third kappa shape index (κ3) is 5.22. The topological polar surface area (TPSA) is 48.9 Å². The van der Waals surface area contributed by atoms with Crippen LogP contribution in [0.1, 0.15) is 30.9 Å².